The molecule has 2 N–H and O–H groups in total. The minimum absolute atomic E-state index is 0.226. The van der Waals surface area contributed by atoms with Gasteiger partial charge >= 0.3 is 0 Å². The molecule has 0 aliphatic carbocycles. The standard InChI is InChI=1S/C12H17BrN2O2/c1-2-9(6-7-13)8-14-12(17)10-4-3-5-11(16)15-10/h3-5,9H,2,6-8H2,1H3,(H,14,17)(H,15,16). The number of hydrogen-bond acceptors (Lipinski definition) is 2. The van der Waals surface area contributed by atoms with Crippen LogP contribution in [0.5, 0.6) is 0 Å². The number of aromatic nitrogens is 1. The van der Waals surface area contributed by atoms with Gasteiger partial charge in [-0.05, 0) is 18.4 Å². The van der Waals surface area contributed by atoms with Crippen molar-refractivity contribution in [1.82, 2.24) is 10.3 Å². The number of rotatable bonds is 6. The molecule has 1 aromatic rings. The molecule has 1 atom stereocenters. The Bertz CT molecular complexity index is 417. The molecule has 0 radical (unpaired) electrons. The van der Waals surface area contributed by atoms with Gasteiger partial charge in [0.2, 0.25) is 5.56 Å². The quantitative estimate of drug-likeness (QED) is 0.789. The zero-order valence-corrected chi connectivity index (χ0v) is 11.4. The number of aromatic amines is 1. The molecular formula is C12H17BrN2O2. The molecular weight excluding hydrogens is 284 g/mol. The Morgan fingerprint density at radius 2 is 2.29 bits per heavy atom. The van der Waals surface area contributed by atoms with Crippen molar-refractivity contribution in [3.63, 3.8) is 0 Å². The van der Waals surface area contributed by atoms with Crippen molar-refractivity contribution in [2.45, 2.75) is 19.8 Å². The van der Waals surface area contributed by atoms with Gasteiger partial charge in [0.05, 0.1) is 0 Å². The van der Waals surface area contributed by atoms with E-state index in [4.69, 9.17) is 0 Å². The summed E-state index contributed by atoms with van der Waals surface area (Å²) in [6.07, 6.45) is 2.05. The summed E-state index contributed by atoms with van der Waals surface area (Å²) < 4.78 is 0. The van der Waals surface area contributed by atoms with Gasteiger partial charge in [-0.15, -0.1) is 0 Å². The number of nitrogens with one attached hydrogen (secondary N) is 2. The molecule has 17 heavy (non-hydrogen) atoms. The highest BCUT2D eigenvalue weighted by Crippen LogP contribution is 2.08. The Kier molecular flexibility index (Phi) is 5.97. The molecule has 0 aliphatic rings. The Hall–Kier alpha value is -1.10. The molecule has 94 valence electrons. The lowest BCUT2D eigenvalue weighted by Crippen LogP contribution is -2.30. The van der Waals surface area contributed by atoms with Crippen LogP contribution in [-0.4, -0.2) is 22.8 Å². The molecule has 0 fully saturated rings. The highest BCUT2D eigenvalue weighted by atomic mass is 79.9. The fourth-order valence-electron chi connectivity index (χ4n) is 1.52. The van der Waals surface area contributed by atoms with E-state index in [2.05, 4.69) is 33.2 Å². The monoisotopic (exact) mass is 300 g/mol. The van der Waals surface area contributed by atoms with Gasteiger partial charge in [-0.25, -0.2) is 0 Å². The van der Waals surface area contributed by atoms with Crippen LogP contribution >= 0.6 is 15.9 Å². The van der Waals surface area contributed by atoms with Gasteiger partial charge in [-0.2, -0.15) is 0 Å². The summed E-state index contributed by atoms with van der Waals surface area (Å²) in [6.45, 7) is 2.74. The van der Waals surface area contributed by atoms with E-state index in [0.717, 1.165) is 18.2 Å². The number of alkyl halides is 1. The number of carbonyl (C=O) groups excluding carboxylic acids is 1. The summed E-state index contributed by atoms with van der Waals surface area (Å²) in [6, 6.07) is 4.56. The van der Waals surface area contributed by atoms with Crippen LogP contribution in [0.15, 0.2) is 23.0 Å². The molecule has 4 nitrogen and oxygen atoms in total. The zero-order valence-electron chi connectivity index (χ0n) is 9.83. The lowest BCUT2D eigenvalue weighted by atomic mass is 10.0. The number of pyridine rings is 1. The van der Waals surface area contributed by atoms with Crippen LogP contribution in [0.25, 0.3) is 0 Å². The predicted octanol–water partition coefficient (Wildman–Crippen LogP) is 1.92. The molecule has 1 unspecified atom stereocenters. The van der Waals surface area contributed by atoms with E-state index in [1.54, 1.807) is 12.1 Å². The van der Waals surface area contributed by atoms with Crippen LogP contribution in [0.2, 0.25) is 0 Å². The van der Waals surface area contributed by atoms with Crippen molar-refractivity contribution in [3.05, 3.63) is 34.2 Å². The SMILES string of the molecule is CCC(CCBr)CNC(=O)c1cccc(=O)[nH]1. The van der Waals surface area contributed by atoms with Crippen molar-refractivity contribution in [1.29, 1.82) is 0 Å². The second-order valence-electron chi connectivity index (χ2n) is 3.89. The fraction of sp³-hybridized carbons (Fsp3) is 0.500. The van der Waals surface area contributed by atoms with Crippen LogP contribution in [-0.2, 0) is 0 Å². The van der Waals surface area contributed by atoms with Crippen LogP contribution in [0, 0.1) is 5.92 Å². The van der Waals surface area contributed by atoms with Gasteiger partial charge in [0, 0.05) is 17.9 Å². The van der Waals surface area contributed by atoms with Crippen molar-refractivity contribution < 1.29 is 4.79 Å². The molecule has 0 aromatic carbocycles. The fourth-order valence-corrected chi connectivity index (χ4v) is 2.16. The molecule has 1 heterocycles. The van der Waals surface area contributed by atoms with E-state index in [9.17, 15) is 9.59 Å². The normalized spacial score (nSPS) is 12.1. The molecule has 5 heteroatoms. The first-order valence-electron chi connectivity index (χ1n) is 5.70. The van der Waals surface area contributed by atoms with Crippen molar-refractivity contribution in [2.24, 2.45) is 5.92 Å². The summed E-state index contributed by atoms with van der Waals surface area (Å²) in [5.41, 5.74) is 0.0522. The number of carbonyl (C=O) groups is 1. The molecule has 1 rings (SSSR count). The molecule has 0 saturated heterocycles. The first-order chi connectivity index (χ1) is 8.17. The average molecular weight is 301 g/mol. The molecule has 0 bridgehead atoms. The lowest BCUT2D eigenvalue weighted by molar-refractivity contribution is 0.0941. The number of hydrogen-bond donors (Lipinski definition) is 2. The van der Waals surface area contributed by atoms with Crippen LogP contribution in [0.1, 0.15) is 30.3 Å². The highest BCUT2D eigenvalue weighted by Gasteiger charge is 2.09. The average Bonchev–Trinajstić information content (AvgIpc) is 2.34. The molecule has 0 saturated carbocycles. The first-order valence-corrected chi connectivity index (χ1v) is 6.83. The minimum Gasteiger partial charge on any atom is -0.350 e. The zero-order chi connectivity index (χ0) is 12.7. The Morgan fingerprint density at radius 3 is 2.88 bits per heavy atom. The number of halogens is 1. The second kappa shape index (κ2) is 7.27. The van der Waals surface area contributed by atoms with Crippen LogP contribution < -0.4 is 10.9 Å². The number of amides is 1. The second-order valence-corrected chi connectivity index (χ2v) is 4.68. The van der Waals surface area contributed by atoms with Gasteiger partial charge in [0.15, 0.2) is 0 Å². The summed E-state index contributed by atoms with van der Waals surface area (Å²) in [4.78, 5) is 25.3. The summed E-state index contributed by atoms with van der Waals surface area (Å²) in [7, 11) is 0. The highest BCUT2D eigenvalue weighted by molar-refractivity contribution is 9.09. The Labute approximate surface area is 109 Å². The van der Waals surface area contributed by atoms with E-state index < -0.39 is 0 Å². The van der Waals surface area contributed by atoms with Crippen LogP contribution in [0.4, 0.5) is 0 Å². The summed E-state index contributed by atoms with van der Waals surface area (Å²) in [5, 5.41) is 3.77. The van der Waals surface area contributed by atoms with E-state index in [1.165, 1.54) is 6.07 Å². The van der Waals surface area contributed by atoms with Gasteiger partial charge in [0.25, 0.3) is 5.91 Å². The van der Waals surface area contributed by atoms with E-state index in [0.29, 0.717) is 18.2 Å². The maximum absolute atomic E-state index is 11.7. The van der Waals surface area contributed by atoms with E-state index >= 15 is 0 Å². The smallest absolute Gasteiger partial charge is 0.267 e. The van der Waals surface area contributed by atoms with Gasteiger partial charge in [-0.3, -0.25) is 9.59 Å². The topological polar surface area (TPSA) is 62.0 Å². The third kappa shape index (κ3) is 4.73. The summed E-state index contributed by atoms with van der Waals surface area (Å²) >= 11 is 3.39. The predicted molar refractivity (Wildman–Crippen MR) is 71.6 cm³/mol. The largest absolute Gasteiger partial charge is 0.350 e. The third-order valence-corrected chi connectivity index (χ3v) is 3.12. The molecule has 0 spiro atoms. The van der Waals surface area contributed by atoms with Gasteiger partial charge in [-0.1, -0.05) is 35.3 Å². The minimum atomic E-state index is -0.259. The van der Waals surface area contributed by atoms with Gasteiger partial charge < -0.3 is 10.3 Å². The number of H-pyrrole nitrogens is 1. The molecule has 0 aliphatic heterocycles. The summed E-state index contributed by atoms with van der Waals surface area (Å²) in [5.74, 6) is 0.240. The van der Waals surface area contributed by atoms with E-state index in [-0.39, 0.29) is 11.5 Å². The van der Waals surface area contributed by atoms with Gasteiger partial charge in [0.1, 0.15) is 5.69 Å². The Morgan fingerprint density at radius 1 is 1.53 bits per heavy atom. The maximum atomic E-state index is 11.7. The van der Waals surface area contributed by atoms with Crippen molar-refractivity contribution in [3.8, 4) is 0 Å². The maximum Gasteiger partial charge on any atom is 0.267 e. The third-order valence-electron chi connectivity index (χ3n) is 2.66. The molecule has 1 aromatic heterocycles. The Balaban J connectivity index is 2.52. The van der Waals surface area contributed by atoms with Crippen molar-refractivity contribution >= 4 is 21.8 Å². The first kappa shape index (κ1) is 14.0. The van der Waals surface area contributed by atoms with Crippen LogP contribution in [0.3, 0.4) is 0 Å². The van der Waals surface area contributed by atoms with Crippen molar-refractivity contribution in [2.75, 3.05) is 11.9 Å². The molecule has 1 amide bonds. The lowest BCUT2D eigenvalue weighted by Gasteiger charge is -2.14. The van der Waals surface area contributed by atoms with E-state index in [1.807, 2.05) is 0 Å².